The van der Waals surface area contributed by atoms with Crippen molar-refractivity contribution in [3.63, 3.8) is 0 Å². The topological polar surface area (TPSA) is 63.7 Å². The van der Waals surface area contributed by atoms with Crippen LogP contribution in [0, 0.1) is 0 Å². The van der Waals surface area contributed by atoms with Crippen molar-refractivity contribution in [3.8, 4) is 0 Å². The van der Waals surface area contributed by atoms with Gasteiger partial charge in [-0.25, -0.2) is 0 Å². The summed E-state index contributed by atoms with van der Waals surface area (Å²) in [5, 5.41) is 0.361. The molecule has 0 aliphatic carbocycles. The number of carbonyl (C=O) groups is 3. The predicted molar refractivity (Wildman–Crippen MR) is 71.2 cm³/mol. The van der Waals surface area contributed by atoms with E-state index in [-0.39, 0.29) is 18.4 Å². The van der Waals surface area contributed by atoms with Gasteiger partial charge in [0.15, 0.2) is 0 Å². The van der Waals surface area contributed by atoms with Crippen LogP contribution in [0.4, 0.5) is 0 Å². The molecule has 0 N–H and O–H groups in total. The van der Waals surface area contributed by atoms with E-state index in [9.17, 15) is 14.4 Å². The molecule has 0 bridgehead atoms. The first-order chi connectivity index (χ1) is 9.04. The summed E-state index contributed by atoms with van der Waals surface area (Å²) >= 11 is 3.20. The van der Waals surface area contributed by atoms with E-state index in [4.69, 9.17) is 4.74 Å². The van der Waals surface area contributed by atoms with Crippen LogP contribution in [-0.2, 0) is 9.53 Å². The minimum Gasteiger partial charge on any atom is -0.460 e. The Balaban J connectivity index is 2.17. The van der Waals surface area contributed by atoms with Gasteiger partial charge in [0, 0.05) is 12.3 Å². The van der Waals surface area contributed by atoms with Gasteiger partial charge in [0.25, 0.3) is 11.8 Å². The van der Waals surface area contributed by atoms with Gasteiger partial charge < -0.3 is 4.74 Å². The molecule has 1 atom stereocenters. The molecular weight excluding hydrogens is 314 g/mol. The molecule has 100 valence electrons. The number of alkyl halides is 1. The quantitative estimate of drug-likeness (QED) is 0.479. The number of fused-ring (bicyclic) bond motifs is 1. The summed E-state index contributed by atoms with van der Waals surface area (Å²) in [6.45, 7) is 1.34. The van der Waals surface area contributed by atoms with Gasteiger partial charge in [-0.05, 0) is 12.1 Å². The van der Waals surface area contributed by atoms with E-state index in [1.54, 1.807) is 24.3 Å². The highest BCUT2D eigenvalue weighted by molar-refractivity contribution is 9.09. The minimum atomic E-state index is -0.542. The molecule has 0 saturated carbocycles. The number of nitrogens with zero attached hydrogens (tertiary/aromatic N) is 1. The maximum atomic E-state index is 12.1. The Morgan fingerprint density at radius 1 is 1.26 bits per heavy atom. The van der Waals surface area contributed by atoms with Crippen molar-refractivity contribution in [1.82, 2.24) is 4.90 Å². The molecule has 1 unspecified atom stereocenters. The number of halogens is 1. The summed E-state index contributed by atoms with van der Waals surface area (Å²) in [4.78, 5) is 36.2. The monoisotopic (exact) mass is 325 g/mol. The largest absolute Gasteiger partial charge is 0.460 e. The average molecular weight is 326 g/mol. The summed E-state index contributed by atoms with van der Waals surface area (Å²) in [5.74, 6) is -1.14. The molecule has 1 aromatic rings. The summed E-state index contributed by atoms with van der Waals surface area (Å²) in [5.41, 5.74) is 0.785. The standard InChI is InChI=1S/C13H12BrNO4/c1-8(16)19-9(6-14)7-15-12(17)10-4-2-3-5-11(10)13(15)18/h2-5,9H,6-7H2,1H3. The number of hydrogen-bond acceptors (Lipinski definition) is 4. The zero-order chi connectivity index (χ0) is 14.0. The third-order valence-corrected chi connectivity index (χ3v) is 3.49. The molecule has 0 aromatic heterocycles. The summed E-state index contributed by atoms with van der Waals surface area (Å²) in [7, 11) is 0. The maximum absolute atomic E-state index is 12.1. The second-order valence-corrected chi connectivity index (χ2v) is 4.80. The zero-order valence-electron chi connectivity index (χ0n) is 10.3. The molecule has 0 fully saturated rings. The molecule has 19 heavy (non-hydrogen) atoms. The number of rotatable bonds is 4. The van der Waals surface area contributed by atoms with Crippen LogP contribution in [0.2, 0.25) is 0 Å². The third-order valence-electron chi connectivity index (χ3n) is 2.77. The lowest BCUT2D eigenvalue weighted by molar-refractivity contribution is -0.145. The number of carbonyl (C=O) groups excluding carboxylic acids is 3. The lowest BCUT2D eigenvalue weighted by Crippen LogP contribution is -2.39. The molecule has 5 nitrogen and oxygen atoms in total. The first kappa shape index (κ1) is 13.7. The number of esters is 1. The van der Waals surface area contributed by atoms with Crippen molar-refractivity contribution in [1.29, 1.82) is 0 Å². The Labute approximate surface area is 118 Å². The van der Waals surface area contributed by atoms with E-state index in [0.29, 0.717) is 16.5 Å². The Morgan fingerprint density at radius 2 is 1.79 bits per heavy atom. The van der Waals surface area contributed by atoms with Gasteiger partial charge in [0.05, 0.1) is 17.7 Å². The van der Waals surface area contributed by atoms with Gasteiger partial charge in [0.2, 0.25) is 0 Å². The van der Waals surface area contributed by atoms with Crippen molar-refractivity contribution in [2.45, 2.75) is 13.0 Å². The molecule has 1 aromatic carbocycles. The smallest absolute Gasteiger partial charge is 0.302 e. The Hall–Kier alpha value is -1.69. The van der Waals surface area contributed by atoms with E-state index in [2.05, 4.69) is 15.9 Å². The number of benzene rings is 1. The van der Waals surface area contributed by atoms with Crippen LogP contribution < -0.4 is 0 Å². The Morgan fingerprint density at radius 3 is 2.21 bits per heavy atom. The molecule has 0 spiro atoms. The van der Waals surface area contributed by atoms with E-state index in [0.717, 1.165) is 4.90 Å². The highest BCUT2D eigenvalue weighted by atomic mass is 79.9. The average Bonchev–Trinajstić information content (AvgIpc) is 2.63. The van der Waals surface area contributed by atoms with Crippen molar-refractivity contribution >= 4 is 33.7 Å². The van der Waals surface area contributed by atoms with Gasteiger partial charge in [-0.15, -0.1) is 0 Å². The number of ether oxygens (including phenoxy) is 1. The van der Waals surface area contributed by atoms with Crippen LogP contribution in [-0.4, -0.2) is 40.7 Å². The molecule has 1 aliphatic rings. The fraction of sp³-hybridized carbons (Fsp3) is 0.308. The van der Waals surface area contributed by atoms with Crippen molar-refractivity contribution < 1.29 is 19.1 Å². The highest BCUT2D eigenvalue weighted by Gasteiger charge is 2.36. The van der Waals surface area contributed by atoms with Crippen LogP contribution >= 0.6 is 15.9 Å². The molecular formula is C13H12BrNO4. The van der Waals surface area contributed by atoms with Crippen molar-refractivity contribution in [2.24, 2.45) is 0 Å². The maximum Gasteiger partial charge on any atom is 0.302 e. The van der Waals surface area contributed by atoms with Crippen LogP contribution in [0.25, 0.3) is 0 Å². The van der Waals surface area contributed by atoms with Gasteiger partial charge in [-0.2, -0.15) is 0 Å². The second kappa shape index (κ2) is 5.52. The summed E-state index contributed by atoms with van der Waals surface area (Å²) in [6.07, 6.45) is -0.542. The zero-order valence-corrected chi connectivity index (χ0v) is 11.8. The highest BCUT2D eigenvalue weighted by Crippen LogP contribution is 2.23. The number of imide groups is 1. The fourth-order valence-electron chi connectivity index (χ4n) is 1.96. The molecule has 1 heterocycles. The van der Waals surface area contributed by atoms with E-state index in [1.165, 1.54) is 6.92 Å². The Kier molecular flexibility index (Phi) is 3.99. The van der Waals surface area contributed by atoms with Crippen molar-refractivity contribution in [2.75, 3.05) is 11.9 Å². The normalized spacial score (nSPS) is 15.4. The Bertz CT molecular complexity index is 508. The first-order valence-corrected chi connectivity index (χ1v) is 6.85. The van der Waals surface area contributed by atoms with E-state index in [1.807, 2.05) is 0 Å². The summed E-state index contributed by atoms with van der Waals surface area (Å²) < 4.78 is 5.03. The predicted octanol–water partition coefficient (Wildman–Crippen LogP) is 1.61. The second-order valence-electron chi connectivity index (χ2n) is 4.15. The van der Waals surface area contributed by atoms with Crippen LogP contribution in [0.15, 0.2) is 24.3 Å². The fourth-order valence-corrected chi connectivity index (χ4v) is 2.30. The van der Waals surface area contributed by atoms with Gasteiger partial charge in [-0.3, -0.25) is 19.3 Å². The third kappa shape index (κ3) is 2.68. The van der Waals surface area contributed by atoms with Crippen molar-refractivity contribution in [3.05, 3.63) is 35.4 Å². The molecule has 0 radical (unpaired) electrons. The van der Waals surface area contributed by atoms with E-state index >= 15 is 0 Å². The van der Waals surface area contributed by atoms with Gasteiger partial charge in [0.1, 0.15) is 6.10 Å². The number of hydrogen-bond donors (Lipinski definition) is 0. The minimum absolute atomic E-state index is 0.0528. The van der Waals surface area contributed by atoms with Crippen LogP contribution in [0.5, 0.6) is 0 Å². The lowest BCUT2D eigenvalue weighted by atomic mass is 10.1. The SMILES string of the molecule is CC(=O)OC(CBr)CN1C(=O)c2ccccc2C1=O. The summed E-state index contributed by atoms with van der Waals surface area (Å²) in [6, 6.07) is 6.65. The van der Waals surface area contributed by atoms with E-state index < -0.39 is 12.1 Å². The molecule has 2 rings (SSSR count). The molecule has 1 aliphatic heterocycles. The van der Waals surface area contributed by atoms with Gasteiger partial charge >= 0.3 is 5.97 Å². The molecule has 0 saturated heterocycles. The lowest BCUT2D eigenvalue weighted by Gasteiger charge is -2.20. The molecule has 2 amide bonds. The van der Waals surface area contributed by atoms with Crippen LogP contribution in [0.1, 0.15) is 27.6 Å². The number of amides is 2. The van der Waals surface area contributed by atoms with Crippen LogP contribution in [0.3, 0.4) is 0 Å². The van der Waals surface area contributed by atoms with Gasteiger partial charge in [-0.1, -0.05) is 28.1 Å². The first-order valence-electron chi connectivity index (χ1n) is 5.73. The molecule has 6 heteroatoms.